The molecule has 0 atom stereocenters. The molecule has 0 aromatic rings. The van der Waals surface area contributed by atoms with Gasteiger partial charge in [0.2, 0.25) is 0 Å². The summed E-state index contributed by atoms with van der Waals surface area (Å²) in [6, 6.07) is 0. The number of hydrogen-bond acceptors (Lipinski definition) is 0. The van der Waals surface area contributed by atoms with Crippen molar-refractivity contribution < 1.29 is 18.9 Å². The Kier molecular flexibility index (Phi) is 15.0. The summed E-state index contributed by atoms with van der Waals surface area (Å²) < 4.78 is 0. The van der Waals surface area contributed by atoms with E-state index >= 15 is 0 Å². The predicted octanol–water partition coefficient (Wildman–Crippen LogP) is -0.0390. The van der Waals surface area contributed by atoms with Crippen LogP contribution in [0, 0.1) is 6.92 Å². The molecule has 0 unspecified atom stereocenters. The SMILES string of the molecule is [CH2-]CCC/C=C/CC.[Li+]. The van der Waals surface area contributed by atoms with Crippen LogP contribution in [0.15, 0.2) is 12.2 Å². The Hall–Kier alpha value is 0.337. The van der Waals surface area contributed by atoms with Crippen LogP contribution in [0.5, 0.6) is 0 Å². The summed E-state index contributed by atoms with van der Waals surface area (Å²) in [7, 11) is 0. The Bertz CT molecular complexity index is 57.6. The molecule has 0 rings (SSSR count). The molecule has 0 N–H and O–H groups in total. The summed E-state index contributed by atoms with van der Waals surface area (Å²) in [5.41, 5.74) is 0. The predicted molar refractivity (Wildman–Crippen MR) is 38.6 cm³/mol. The summed E-state index contributed by atoms with van der Waals surface area (Å²) in [4.78, 5) is 0. The molecule has 1 heteroatoms. The second kappa shape index (κ2) is 11.2. The van der Waals surface area contributed by atoms with Crippen molar-refractivity contribution in [1.82, 2.24) is 0 Å². The maximum Gasteiger partial charge on any atom is 1.00 e. The largest absolute Gasteiger partial charge is 1.00 e. The van der Waals surface area contributed by atoms with E-state index in [9.17, 15) is 0 Å². The molecular weight excluding hydrogens is 103 g/mol. The van der Waals surface area contributed by atoms with E-state index in [1.54, 1.807) is 0 Å². The van der Waals surface area contributed by atoms with Gasteiger partial charge in [0.05, 0.1) is 0 Å². The second-order valence-electron chi connectivity index (χ2n) is 1.88. The van der Waals surface area contributed by atoms with Gasteiger partial charge < -0.3 is 6.92 Å². The zero-order valence-electron chi connectivity index (χ0n) is 6.69. The van der Waals surface area contributed by atoms with Crippen molar-refractivity contribution in [3.05, 3.63) is 19.1 Å². The van der Waals surface area contributed by atoms with Crippen LogP contribution in [0.2, 0.25) is 0 Å². The normalized spacial score (nSPS) is 9.56. The quantitative estimate of drug-likeness (QED) is 0.210. The van der Waals surface area contributed by atoms with Gasteiger partial charge in [-0.2, -0.15) is 6.42 Å². The Labute approximate surface area is 70.9 Å². The molecule has 0 aliphatic rings. The van der Waals surface area contributed by atoms with Crippen molar-refractivity contribution in [3.63, 3.8) is 0 Å². The molecule has 0 aromatic heterocycles. The topological polar surface area (TPSA) is 0 Å². The van der Waals surface area contributed by atoms with E-state index in [0.717, 1.165) is 12.8 Å². The molecule has 0 saturated carbocycles. The van der Waals surface area contributed by atoms with Gasteiger partial charge in [-0.25, -0.2) is 0 Å². The summed E-state index contributed by atoms with van der Waals surface area (Å²) in [5, 5.41) is 0. The third-order valence-electron chi connectivity index (χ3n) is 1.02. The summed E-state index contributed by atoms with van der Waals surface area (Å²) in [6.45, 7) is 5.90. The van der Waals surface area contributed by atoms with Crippen molar-refractivity contribution >= 4 is 0 Å². The van der Waals surface area contributed by atoms with Gasteiger partial charge >= 0.3 is 18.9 Å². The summed E-state index contributed by atoms with van der Waals surface area (Å²) in [6.07, 6.45) is 9.10. The Morgan fingerprint density at radius 2 is 2.00 bits per heavy atom. The first-order valence-electron chi connectivity index (χ1n) is 3.36. The molecular formula is C8H15Li. The molecule has 0 radical (unpaired) electrons. The third-order valence-corrected chi connectivity index (χ3v) is 1.02. The van der Waals surface area contributed by atoms with Crippen LogP contribution in [-0.4, -0.2) is 0 Å². The van der Waals surface area contributed by atoms with E-state index in [0.29, 0.717) is 0 Å². The first-order valence-corrected chi connectivity index (χ1v) is 3.36. The van der Waals surface area contributed by atoms with Gasteiger partial charge in [0.1, 0.15) is 0 Å². The van der Waals surface area contributed by atoms with Crippen molar-refractivity contribution in [2.75, 3.05) is 0 Å². The van der Waals surface area contributed by atoms with Crippen molar-refractivity contribution in [2.45, 2.75) is 32.6 Å². The Balaban J connectivity index is 0. The van der Waals surface area contributed by atoms with E-state index in [2.05, 4.69) is 26.0 Å². The Morgan fingerprint density at radius 3 is 2.44 bits per heavy atom. The standard InChI is InChI=1S/C8H15.Li/c1-3-5-7-8-6-4-2;/h6,8H,1,3-5,7H2,2H3;/q-1;+1/b8-6+;. The van der Waals surface area contributed by atoms with Crippen LogP contribution in [0.1, 0.15) is 32.6 Å². The van der Waals surface area contributed by atoms with Crippen LogP contribution in [0.25, 0.3) is 0 Å². The number of rotatable bonds is 4. The zero-order chi connectivity index (χ0) is 6.24. The minimum Gasteiger partial charge on any atom is -0.343 e. The van der Waals surface area contributed by atoms with Gasteiger partial charge in [-0.15, -0.1) is 0 Å². The van der Waals surface area contributed by atoms with Crippen LogP contribution in [0.3, 0.4) is 0 Å². The van der Waals surface area contributed by atoms with Gasteiger partial charge in [0, 0.05) is 0 Å². The molecule has 0 aromatic carbocycles. The van der Waals surface area contributed by atoms with Crippen LogP contribution in [-0.2, 0) is 0 Å². The Morgan fingerprint density at radius 1 is 1.33 bits per heavy atom. The number of hydrogen-bond donors (Lipinski definition) is 0. The van der Waals surface area contributed by atoms with Gasteiger partial charge in [0.25, 0.3) is 0 Å². The maximum absolute atomic E-state index is 3.75. The van der Waals surface area contributed by atoms with Gasteiger partial charge in [-0.3, -0.25) is 0 Å². The van der Waals surface area contributed by atoms with Crippen LogP contribution >= 0.6 is 0 Å². The van der Waals surface area contributed by atoms with Crippen LogP contribution in [0.4, 0.5) is 0 Å². The molecule has 0 aliphatic carbocycles. The van der Waals surface area contributed by atoms with Gasteiger partial charge in [0.15, 0.2) is 0 Å². The summed E-state index contributed by atoms with van der Waals surface area (Å²) >= 11 is 0. The van der Waals surface area contributed by atoms with E-state index in [4.69, 9.17) is 0 Å². The smallest absolute Gasteiger partial charge is 0.343 e. The fourth-order valence-electron chi connectivity index (χ4n) is 0.547. The fraction of sp³-hybridized carbons (Fsp3) is 0.625. The molecule has 0 heterocycles. The molecule has 0 aliphatic heterocycles. The molecule has 48 valence electrons. The average molecular weight is 118 g/mol. The van der Waals surface area contributed by atoms with E-state index in [1.807, 2.05) is 0 Å². The minimum atomic E-state index is 0. The van der Waals surface area contributed by atoms with Crippen molar-refractivity contribution in [1.29, 1.82) is 0 Å². The first-order chi connectivity index (χ1) is 3.91. The maximum atomic E-state index is 3.75. The monoisotopic (exact) mass is 118 g/mol. The molecule has 0 amide bonds. The molecule has 9 heavy (non-hydrogen) atoms. The molecule has 0 saturated heterocycles. The van der Waals surface area contributed by atoms with Crippen LogP contribution < -0.4 is 18.9 Å². The zero-order valence-corrected chi connectivity index (χ0v) is 6.69. The third kappa shape index (κ3) is 11.8. The van der Waals surface area contributed by atoms with E-state index in [-0.39, 0.29) is 18.9 Å². The second-order valence-corrected chi connectivity index (χ2v) is 1.88. The van der Waals surface area contributed by atoms with E-state index in [1.165, 1.54) is 12.8 Å². The first kappa shape index (κ1) is 12.1. The minimum absolute atomic E-state index is 0. The van der Waals surface area contributed by atoms with E-state index < -0.39 is 0 Å². The molecule has 0 nitrogen and oxygen atoms in total. The number of unbranched alkanes of at least 4 members (excludes halogenated alkanes) is 2. The molecule has 0 spiro atoms. The molecule has 0 fully saturated rings. The van der Waals surface area contributed by atoms with Gasteiger partial charge in [-0.1, -0.05) is 25.5 Å². The van der Waals surface area contributed by atoms with Gasteiger partial charge in [-0.05, 0) is 12.8 Å². The fourth-order valence-corrected chi connectivity index (χ4v) is 0.547. The average Bonchev–Trinajstić information content (AvgIpc) is 1.81. The van der Waals surface area contributed by atoms with Crippen molar-refractivity contribution in [2.24, 2.45) is 0 Å². The summed E-state index contributed by atoms with van der Waals surface area (Å²) in [5.74, 6) is 0. The molecule has 0 bridgehead atoms. The number of allylic oxidation sites excluding steroid dienone is 2. The van der Waals surface area contributed by atoms with Crippen molar-refractivity contribution in [3.8, 4) is 0 Å².